The lowest BCUT2D eigenvalue weighted by molar-refractivity contribution is 0.0896. The number of hydrogen-bond donors (Lipinski definition) is 2. The van der Waals surface area contributed by atoms with Crippen LogP contribution >= 0.6 is 0 Å². The molecule has 2 aromatic rings. The molecule has 2 aliphatic heterocycles. The quantitative estimate of drug-likeness (QED) is 0.734. The molecule has 0 bridgehead atoms. The molecule has 3 heterocycles. The lowest BCUT2D eigenvalue weighted by Gasteiger charge is -2.40. The van der Waals surface area contributed by atoms with Gasteiger partial charge in [0.2, 0.25) is 0 Å². The number of pyridine rings is 1. The van der Waals surface area contributed by atoms with Crippen LogP contribution in [0.4, 0.5) is 20.6 Å². The van der Waals surface area contributed by atoms with Crippen molar-refractivity contribution in [1.82, 2.24) is 14.8 Å². The Balaban J connectivity index is 1.30. The smallest absolute Gasteiger partial charge is 0.306 e. The van der Waals surface area contributed by atoms with Crippen molar-refractivity contribution in [3.05, 3.63) is 53.6 Å². The predicted molar refractivity (Wildman–Crippen MR) is 122 cm³/mol. The average Bonchev–Trinajstić information content (AvgIpc) is 2.79. The van der Waals surface area contributed by atoms with Gasteiger partial charge in [-0.25, -0.2) is 9.18 Å². The van der Waals surface area contributed by atoms with Gasteiger partial charge >= 0.3 is 6.03 Å². The summed E-state index contributed by atoms with van der Waals surface area (Å²) in [5.74, 6) is -0.440. The number of carbonyl (C=O) groups excluding carboxylic acids is 1. The molecule has 166 valence electrons. The lowest BCUT2D eigenvalue weighted by Crippen LogP contribution is -2.46. The summed E-state index contributed by atoms with van der Waals surface area (Å²) >= 11 is 0. The van der Waals surface area contributed by atoms with Gasteiger partial charge in [-0.05, 0) is 88.6 Å². The van der Waals surface area contributed by atoms with Crippen LogP contribution in [0.15, 0.2) is 36.5 Å². The van der Waals surface area contributed by atoms with Crippen molar-refractivity contribution in [2.24, 2.45) is 0 Å². The summed E-state index contributed by atoms with van der Waals surface area (Å²) in [6.45, 7) is 7.26. The molecule has 0 saturated carbocycles. The third-order valence-corrected chi connectivity index (χ3v) is 6.32. The van der Waals surface area contributed by atoms with Crippen molar-refractivity contribution in [1.29, 1.82) is 0 Å². The van der Waals surface area contributed by atoms with Gasteiger partial charge in [0.15, 0.2) is 0 Å². The van der Waals surface area contributed by atoms with Gasteiger partial charge in [-0.1, -0.05) is 12.5 Å². The average molecular weight is 426 g/mol. The van der Waals surface area contributed by atoms with Gasteiger partial charge in [0.1, 0.15) is 5.82 Å². The maximum Gasteiger partial charge on any atom is 0.323 e. The Morgan fingerprint density at radius 3 is 2.55 bits per heavy atom. The normalized spacial score (nSPS) is 18.6. The van der Waals surface area contributed by atoms with Gasteiger partial charge in [-0.3, -0.25) is 9.88 Å². The number of likely N-dealkylation sites (tertiary alicyclic amines) is 2. The molecule has 4 rings (SSSR count). The minimum Gasteiger partial charge on any atom is -0.306 e. The highest BCUT2D eigenvalue weighted by Gasteiger charge is 2.25. The van der Waals surface area contributed by atoms with E-state index < -0.39 is 11.8 Å². The summed E-state index contributed by atoms with van der Waals surface area (Å²) in [6.07, 6.45) is 8.00. The largest absolute Gasteiger partial charge is 0.323 e. The number of amides is 2. The van der Waals surface area contributed by atoms with E-state index in [9.17, 15) is 9.18 Å². The number of carbonyl (C=O) groups is 1. The Morgan fingerprint density at radius 2 is 1.84 bits per heavy atom. The van der Waals surface area contributed by atoms with E-state index in [1.165, 1.54) is 51.3 Å². The highest BCUT2D eigenvalue weighted by atomic mass is 19.1. The van der Waals surface area contributed by atoms with E-state index in [2.05, 4.69) is 25.4 Å². The molecule has 1 aromatic heterocycles. The van der Waals surface area contributed by atoms with Gasteiger partial charge in [-0.2, -0.15) is 0 Å². The SMILES string of the molecule is Cc1ccc(NC(=O)Nc2cc(CN3CCC(N4CCCCC4)CC3)ccc2F)cn1. The number of piperidine rings is 2. The van der Waals surface area contributed by atoms with Crippen LogP contribution in [0.25, 0.3) is 0 Å². The first-order valence-electron chi connectivity index (χ1n) is 11.3. The van der Waals surface area contributed by atoms with E-state index in [1.54, 1.807) is 24.4 Å². The van der Waals surface area contributed by atoms with E-state index in [1.807, 2.05) is 13.0 Å². The van der Waals surface area contributed by atoms with E-state index in [0.717, 1.165) is 30.9 Å². The molecule has 0 radical (unpaired) electrons. The summed E-state index contributed by atoms with van der Waals surface area (Å²) in [6, 6.07) is 8.77. The monoisotopic (exact) mass is 425 g/mol. The molecule has 1 aromatic carbocycles. The second kappa shape index (κ2) is 10.2. The van der Waals surface area contributed by atoms with Crippen LogP contribution in [0.5, 0.6) is 0 Å². The molecule has 0 spiro atoms. The van der Waals surface area contributed by atoms with Gasteiger partial charge in [0.05, 0.1) is 17.6 Å². The van der Waals surface area contributed by atoms with Crippen LogP contribution in [0.1, 0.15) is 43.4 Å². The Hall–Kier alpha value is -2.51. The first kappa shape index (κ1) is 21.7. The molecular weight excluding hydrogens is 393 g/mol. The minimum atomic E-state index is -0.482. The number of rotatable bonds is 5. The molecule has 6 nitrogen and oxygen atoms in total. The van der Waals surface area contributed by atoms with Crippen molar-refractivity contribution in [2.75, 3.05) is 36.8 Å². The fourth-order valence-electron chi connectivity index (χ4n) is 4.58. The lowest BCUT2D eigenvalue weighted by atomic mass is 9.99. The van der Waals surface area contributed by atoms with E-state index in [-0.39, 0.29) is 5.69 Å². The fourth-order valence-corrected chi connectivity index (χ4v) is 4.58. The van der Waals surface area contributed by atoms with E-state index in [0.29, 0.717) is 11.7 Å². The number of aryl methyl sites for hydroxylation is 1. The van der Waals surface area contributed by atoms with Crippen LogP contribution in [0.3, 0.4) is 0 Å². The van der Waals surface area contributed by atoms with Gasteiger partial charge in [0.25, 0.3) is 0 Å². The molecule has 0 aliphatic carbocycles. The van der Waals surface area contributed by atoms with Gasteiger partial charge in [0, 0.05) is 18.3 Å². The molecule has 0 atom stereocenters. The summed E-state index contributed by atoms with van der Waals surface area (Å²) in [4.78, 5) is 21.5. The standard InChI is InChI=1S/C24H32FN5O/c1-18-5-7-20(16-26-18)27-24(31)28-23-15-19(6-8-22(23)25)17-29-13-9-21(10-14-29)30-11-3-2-4-12-30/h5-8,15-16,21H,2-4,9-14,17H2,1H3,(H2,27,28,31). The molecule has 2 saturated heterocycles. The van der Waals surface area contributed by atoms with Crippen LogP contribution in [0, 0.1) is 12.7 Å². The number of benzene rings is 1. The van der Waals surface area contributed by atoms with Crippen molar-refractivity contribution < 1.29 is 9.18 Å². The molecule has 2 fully saturated rings. The first-order valence-corrected chi connectivity index (χ1v) is 11.3. The van der Waals surface area contributed by atoms with Crippen LogP contribution in [0.2, 0.25) is 0 Å². The third kappa shape index (κ3) is 6.02. The topological polar surface area (TPSA) is 60.5 Å². The highest BCUT2D eigenvalue weighted by Crippen LogP contribution is 2.23. The van der Waals surface area contributed by atoms with Crippen molar-refractivity contribution in [2.45, 2.75) is 51.6 Å². The highest BCUT2D eigenvalue weighted by molar-refractivity contribution is 5.99. The van der Waals surface area contributed by atoms with Crippen LogP contribution < -0.4 is 10.6 Å². The minimum absolute atomic E-state index is 0.193. The predicted octanol–water partition coefficient (Wildman–Crippen LogP) is 4.62. The number of nitrogens with one attached hydrogen (secondary N) is 2. The Labute approximate surface area is 183 Å². The number of aromatic nitrogens is 1. The number of urea groups is 1. The van der Waals surface area contributed by atoms with E-state index in [4.69, 9.17) is 0 Å². The maximum absolute atomic E-state index is 14.3. The van der Waals surface area contributed by atoms with Crippen molar-refractivity contribution in [3.63, 3.8) is 0 Å². The Bertz CT molecular complexity index is 874. The number of nitrogens with zero attached hydrogens (tertiary/aromatic N) is 3. The first-order chi connectivity index (χ1) is 15.1. The molecule has 2 N–H and O–H groups in total. The molecular formula is C24H32FN5O. The summed E-state index contributed by atoms with van der Waals surface area (Å²) < 4.78 is 14.3. The summed E-state index contributed by atoms with van der Waals surface area (Å²) in [5.41, 5.74) is 2.63. The molecule has 2 amide bonds. The number of halogens is 1. The molecule has 31 heavy (non-hydrogen) atoms. The van der Waals surface area contributed by atoms with Gasteiger partial charge in [-0.15, -0.1) is 0 Å². The zero-order chi connectivity index (χ0) is 21.6. The Kier molecular flexibility index (Phi) is 7.14. The summed E-state index contributed by atoms with van der Waals surface area (Å²) in [5, 5.41) is 5.31. The van der Waals surface area contributed by atoms with Gasteiger partial charge < -0.3 is 15.5 Å². The third-order valence-electron chi connectivity index (χ3n) is 6.32. The maximum atomic E-state index is 14.3. The van der Waals surface area contributed by atoms with Crippen molar-refractivity contribution in [3.8, 4) is 0 Å². The molecule has 7 heteroatoms. The second-order valence-electron chi connectivity index (χ2n) is 8.69. The van der Waals surface area contributed by atoms with E-state index >= 15 is 0 Å². The molecule has 2 aliphatic rings. The van der Waals surface area contributed by atoms with Crippen LogP contribution in [-0.2, 0) is 6.54 Å². The van der Waals surface area contributed by atoms with Crippen molar-refractivity contribution >= 4 is 17.4 Å². The Morgan fingerprint density at radius 1 is 1.06 bits per heavy atom. The number of hydrogen-bond acceptors (Lipinski definition) is 4. The number of anilines is 2. The summed E-state index contributed by atoms with van der Waals surface area (Å²) in [7, 11) is 0. The second-order valence-corrected chi connectivity index (χ2v) is 8.69. The molecule has 0 unspecified atom stereocenters. The van der Waals surface area contributed by atoms with Crippen LogP contribution in [-0.4, -0.2) is 53.0 Å². The fraction of sp³-hybridized carbons (Fsp3) is 0.500. The zero-order valence-corrected chi connectivity index (χ0v) is 18.2. The zero-order valence-electron chi connectivity index (χ0n) is 18.2.